The molecule has 0 radical (unpaired) electrons. The second-order valence-electron chi connectivity index (χ2n) is 3.07. The summed E-state index contributed by atoms with van der Waals surface area (Å²) in [6.07, 6.45) is 0. The number of hydrogen-bond acceptors (Lipinski definition) is 3. The summed E-state index contributed by atoms with van der Waals surface area (Å²) in [5.41, 5.74) is -0.0811. The van der Waals surface area contributed by atoms with Gasteiger partial charge in [-0.3, -0.25) is 14.9 Å². The Bertz CT molecular complexity index is 449. The number of carbonyl (C=O) groups is 1. The Hall–Kier alpha value is -2.05. The maximum atomic E-state index is 13.0. The maximum absolute atomic E-state index is 13.0. The van der Waals surface area contributed by atoms with Gasteiger partial charge in [0.15, 0.2) is 11.6 Å². The molecule has 7 heteroatoms. The molecule has 0 atom stereocenters. The lowest BCUT2D eigenvalue weighted by Crippen LogP contribution is -2.22. The Morgan fingerprint density at radius 3 is 2.69 bits per heavy atom. The van der Waals surface area contributed by atoms with Gasteiger partial charge < -0.3 is 5.32 Å². The van der Waals surface area contributed by atoms with E-state index in [9.17, 15) is 23.7 Å². The van der Waals surface area contributed by atoms with Crippen LogP contribution >= 0.6 is 0 Å². The summed E-state index contributed by atoms with van der Waals surface area (Å²) in [6.45, 7) is 0.346. The maximum Gasteiger partial charge on any atom is 0.296 e. The number of halogens is 2. The number of nitrogens with one attached hydrogen (secondary N) is 1. The zero-order valence-electron chi connectivity index (χ0n) is 8.29. The summed E-state index contributed by atoms with van der Waals surface area (Å²) in [4.78, 5) is 20.2. The van der Waals surface area contributed by atoms with Crippen molar-refractivity contribution in [3.05, 3.63) is 39.4 Å². The second kappa shape index (κ2) is 4.65. The molecule has 1 rings (SSSR count). The summed E-state index contributed by atoms with van der Waals surface area (Å²) < 4.78 is 25.8. The lowest BCUT2D eigenvalue weighted by molar-refractivity contribution is -0.467. The minimum Gasteiger partial charge on any atom is -0.320 e. The molecular formula is C9H8F2N2O3. The van der Waals surface area contributed by atoms with E-state index >= 15 is 0 Å². The van der Waals surface area contributed by atoms with E-state index in [0.29, 0.717) is 0 Å². The van der Waals surface area contributed by atoms with E-state index in [1.165, 1.54) is 6.92 Å². The van der Waals surface area contributed by atoms with Crippen molar-refractivity contribution >= 4 is 11.6 Å². The standard InChI is InChI=1S/C9H8F2N2O3/c1-5-7(3-2-6(10)9(5)11)12-8(14)4-13(15)16/h2-3H,4H2,1H3,(H,12,14). The van der Waals surface area contributed by atoms with Crippen LogP contribution in [0.3, 0.4) is 0 Å². The summed E-state index contributed by atoms with van der Waals surface area (Å²) >= 11 is 0. The van der Waals surface area contributed by atoms with Crippen LogP contribution in [0.2, 0.25) is 0 Å². The van der Waals surface area contributed by atoms with Crippen molar-refractivity contribution in [2.75, 3.05) is 11.9 Å². The van der Waals surface area contributed by atoms with Gasteiger partial charge >= 0.3 is 0 Å². The van der Waals surface area contributed by atoms with Gasteiger partial charge in [0.2, 0.25) is 0 Å². The quantitative estimate of drug-likeness (QED) is 0.631. The molecule has 5 nitrogen and oxygen atoms in total. The highest BCUT2D eigenvalue weighted by molar-refractivity contribution is 5.92. The predicted molar refractivity (Wildman–Crippen MR) is 51.6 cm³/mol. The molecule has 1 aromatic rings. The Balaban J connectivity index is 2.86. The van der Waals surface area contributed by atoms with E-state index < -0.39 is 29.0 Å². The van der Waals surface area contributed by atoms with Crippen LogP contribution in [-0.4, -0.2) is 17.4 Å². The van der Waals surface area contributed by atoms with Crippen LogP contribution in [0.15, 0.2) is 12.1 Å². The number of amides is 1. The average Bonchev–Trinajstić information content (AvgIpc) is 2.18. The fraction of sp³-hybridized carbons (Fsp3) is 0.222. The van der Waals surface area contributed by atoms with Gasteiger partial charge in [0, 0.05) is 16.2 Å². The van der Waals surface area contributed by atoms with Gasteiger partial charge in [0.1, 0.15) is 0 Å². The number of hydrogen-bond donors (Lipinski definition) is 1. The van der Waals surface area contributed by atoms with Crippen LogP contribution in [0, 0.1) is 28.7 Å². The van der Waals surface area contributed by atoms with Gasteiger partial charge in [0.05, 0.1) is 0 Å². The number of nitrogens with zero attached hydrogens (tertiary/aromatic N) is 1. The minimum absolute atomic E-state index is 0.0192. The van der Waals surface area contributed by atoms with Gasteiger partial charge in [-0.15, -0.1) is 0 Å². The molecule has 16 heavy (non-hydrogen) atoms. The molecule has 0 unspecified atom stereocenters. The first kappa shape index (κ1) is 12.0. The zero-order valence-corrected chi connectivity index (χ0v) is 8.29. The average molecular weight is 230 g/mol. The van der Waals surface area contributed by atoms with Gasteiger partial charge in [0.25, 0.3) is 12.5 Å². The van der Waals surface area contributed by atoms with Crippen molar-refractivity contribution in [2.45, 2.75) is 6.92 Å². The van der Waals surface area contributed by atoms with Crippen LogP contribution in [0.1, 0.15) is 5.56 Å². The number of anilines is 1. The highest BCUT2D eigenvalue weighted by atomic mass is 19.2. The third-order valence-corrected chi connectivity index (χ3v) is 1.89. The Morgan fingerprint density at radius 2 is 2.12 bits per heavy atom. The third kappa shape index (κ3) is 2.72. The van der Waals surface area contributed by atoms with E-state index in [2.05, 4.69) is 5.32 Å². The number of benzene rings is 1. The van der Waals surface area contributed by atoms with Crippen LogP contribution in [0.25, 0.3) is 0 Å². The fourth-order valence-corrected chi connectivity index (χ4v) is 1.09. The van der Waals surface area contributed by atoms with Crippen molar-refractivity contribution < 1.29 is 18.5 Å². The van der Waals surface area contributed by atoms with Crippen molar-refractivity contribution in [2.24, 2.45) is 0 Å². The number of rotatable bonds is 3. The largest absolute Gasteiger partial charge is 0.320 e. The molecule has 0 saturated carbocycles. The molecule has 0 fully saturated rings. The van der Waals surface area contributed by atoms with Gasteiger partial charge in [-0.2, -0.15) is 0 Å². The predicted octanol–water partition coefficient (Wildman–Crippen LogP) is 1.49. The topological polar surface area (TPSA) is 72.2 Å². The molecule has 86 valence electrons. The summed E-state index contributed by atoms with van der Waals surface area (Å²) in [7, 11) is 0. The summed E-state index contributed by atoms with van der Waals surface area (Å²) in [5.74, 6) is -3.01. The molecule has 0 saturated heterocycles. The van der Waals surface area contributed by atoms with Gasteiger partial charge in [-0.25, -0.2) is 8.78 Å². The molecule has 0 aromatic heterocycles. The van der Waals surface area contributed by atoms with Gasteiger partial charge in [-0.05, 0) is 19.1 Å². The molecule has 1 N–H and O–H groups in total. The Labute approximate surface area is 89.2 Å². The van der Waals surface area contributed by atoms with Crippen LogP contribution < -0.4 is 5.32 Å². The van der Waals surface area contributed by atoms with Crippen LogP contribution in [0.4, 0.5) is 14.5 Å². The highest BCUT2D eigenvalue weighted by Gasteiger charge is 2.14. The Morgan fingerprint density at radius 1 is 1.50 bits per heavy atom. The first-order chi connectivity index (χ1) is 7.41. The molecule has 0 aliphatic heterocycles. The normalized spacial score (nSPS) is 9.94. The van der Waals surface area contributed by atoms with Crippen LogP contribution in [0.5, 0.6) is 0 Å². The first-order valence-electron chi connectivity index (χ1n) is 4.28. The Kier molecular flexibility index (Phi) is 3.49. The SMILES string of the molecule is Cc1c(NC(=O)C[N+](=O)[O-])ccc(F)c1F. The third-order valence-electron chi connectivity index (χ3n) is 1.89. The zero-order chi connectivity index (χ0) is 12.3. The van der Waals surface area contributed by atoms with E-state index in [-0.39, 0.29) is 11.3 Å². The number of carbonyl (C=O) groups excluding carboxylic acids is 1. The second-order valence-corrected chi connectivity index (χ2v) is 3.07. The van der Waals surface area contributed by atoms with E-state index in [1.807, 2.05) is 0 Å². The van der Waals surface area contributed by atoms with E-state index in [4.69, 9.17) is 0 Å². The fourth-order valence-electron chi connectivity index (χ4n) is 1.09. The highest BCUT2D eigenvalue weighted by Crippen LogP contribution is 2.20. The molecule has 0 bridgehead atoms. The smallest absolute Gasteiger partial charge is 0.296 e. The first-order valence-corrected chi connectivity index (χ1v) is 4.28. The molecule has 0 spiro atoms. The van der Waals surface area contributed by atoms with Crippen molar-refractivity contribution in [1.82, 2.24) is 0 Å². The molecule has 0 aliphatic carbocycles. The molecule has 0 heterocycles. The van der Waals surface area contributed by atoms with Crippen molar-refractivity contribution in [1.29, 1.82) is 0 Å². The van der Waals surface area contributed by atoms with Gasteiger partial charge in [-0.1, -0.05) is 0 Å². The summed E-state index contributed by atoms with van der Waals surface area (Å²) in [5, 5.41) is 12.1. The number of nitro groups is 1. The molecule has 1 amide bonds. The van der Waals surface area contributed by atoms with E-state index in [0.717, 1.165) is 12.1 Å². The molecular weight excluding hydrogens is 222 g/mol. The van der Waals surface area contributed by atoms with Crippen LogP contribution in [-0.2, 0) is 4.79 Å². The lowest BCUT2D eigenvalue weighted by Gasteiger charge is -2.07. The molecule has 0 aliphatic rings. The lowest BCUT2D eigenvalue weighted by atomic mass is 10.2. The van der Waals surface area contributed by atoms with E-state index in [1.54, 1.807) is 0 Å². The molecule has 1 aromatic carbocycles. The summed E-state index contributed by atoms with van der Waals surface area (Å²) in [6, 6.07) is 1.98. The minimum atomic E-state index is -1.08. The monoisotopic (exact) mass is 230 g/mol. The van der Waals surface area contributed by atoms with Crippen molar-refractivity contribution in [3.63, 3.8) is 0 Å². The van der Waals surface area contributed by atoms with Crippen molar-refractivity contribution in [3.8, 4) is 0 Å².